The van der Waals surface area contributed by atoms with Crippen molar-refractivity contribution in [2.75, 3.05) is 11.6 Å². The van der Waals surface area contributed by atoms with Crippen LogP contribution in [0.25, 0.3) is 0 Å². The molecule has 0 bridgehead atoms. The molecular formula is C15H14ClNO3S. The van der Waals surface area contributed by atoms with Crippen molar-refractivity contribution in [2.45, 2.75) is 10.8 Å². The summed E-state index contributed by atoms with van der Waals surface area (Å²) in [4.78, 5) is 12.3. The molecule has 0 aliphatic rings. The van der Waals surface area contributed by atoms with Crippen molar-refractivity contribution in [1.82, 2.24) is 0 Å². The van der Waals surface area contributed by atoms with E-state index in [9.17, 15) is 13.2 Å². The quantitative estimate of drug-likeness (QED) is 0.879. The third-order valence-electron chi connectivity index (χ3n) is 2.95. The zero-order valence-corrected chi connectivity index (χ0v) is 12.9. The first-order chi connectivity index (χ1) is 9.91. The Labute approximate surface area is 128 Å². The lowest BCUT2D eigenvalue weighted by molar-refractivity contribution is 0.102. The Morgan fingerprint density at radius 1 is 1.10 bits per heavy atom. The second-order valence-electron chi connectivity index (χ2n) is 4.54. The molecule has 21 heavy (non-hydrogen) atoms. The van der Waals surface area contributed by atoms with E-state index in [1.807, 2.05) is 12.1 Å². The van der Waals surface area contributed by atoms with Crippen LogP contribution in [-0.4, -0.2) is 20.6 Å². The molecule has 0 fully saturated rings. The molecule has 0 aliphatic carbocycles. The number of anilines is 1. The minimum atomic E-state index is -3.26. The fraction of sp³-hybridized carbons (Fsp3) is 0.133. The molecule has 0 atom stereocenters. The van der Waals surface area contributed by atoms with E-state index in [0.717, 1.165) is 11.8 Å². The summed E-state index contributed by atoms with van der Waals surface area (Å²) >= 11 is 5.81. The summed E-state index contributed by atoms with van der Waals surface area (Å²) in [5, 5.41) is 2.76. The van der Waals surface area contributed by atoms with Gasteiger partial charge in [-0.3, -0.25) is 4.79 Å². The Morgan fingerprint density at radius 2 is 1.71 bits per heavy atom. The van der Waals surface area contributed by atoms with Gasteiger partial charge < -0.3 is 5.32 Å². The number of hydrogen-bond donors (Lipinski definition) is 1. The van der Waals surface area contributed by atoms with Gasteiger partial charge in [-0.15, -0.1) is 11.6 Å². The van der Waals surface area contributed by atoms with Gasteiger partial charge in [-0.25, -0.2) is 8.42 Å². The fourth-order valence-corrected chi connectivity index (χ4v) is 2.67. The number of benzene rings is 2. The van der Waals surface area contributed by atoms with Crippen molar-refractivity contribution in [2.24, 2.45) is 0 Å². The predicted molar refractivity (Wildman–Crippen MR) is 83.5 cm³/mol. The predicted octanol–water partition coefficient (Wildman–Crippen LogP) is 3.08. The van der Waals surface area contributed by atoms with Crippen LogP contribution in [0.5, 0.6) is 0 Å². The minimum Gasteiger partial charge on any atom is -0.322 e. The SMILES string of the molecule is CS(=O)(=O)c1ccc(C(=O)Nc2ccccc2CCl)cc1. The van der Waals surface area contributed by atoms with Crippen LogP contribution in [-0.2, 0) is 15.7 Å². The van der Waals surface area contributed by atoms with E-state index in [4.69, 9.17) is 11.6 Å². The van der Waals surface area contributed by atoms with Crippen LogP contribution in [0.2, 0.25) is 0 Å². The molecule has 110 valence electrons. The molecule has 6 heteroatoms. The van der Waals surface area contributed by atoms with Gasteiger partial charge in [0, 0.05) is 23.4 Å². The van der Waals surface area contributed by atoms with Gasteiger partial charge in [0.2, 0.25) is 0 Å². The van der Waals surface area contributed by atoms with Crippen molar-refractivity contribution in [3.8, 4) is 0 Å². The Kier molecular flexibility index (Phi) is 4.65. The fourth-order valence-electron chi connectivity index (χ4n) is 1.81. The first-order valence-corrected chi connectivity index (χ1v) is 8.60. The molecule has 0 aromatic heterocycles. The number of carbonyl (C=O) groups excluding carboxylic acids is 1. The highest BCUT2D eigenvalue weighted by Crippen LogP contribution is 2.18. The molecule has 0 heterocycles. The van der Waals surface area contributed by atoms with E-state index >= 15 is 0 Å². The van der Waals surface area contributed by atoms with E-state index in [-0.39, 0.29) is 10.8 Å². The summed E-state index contributed by atoms with van der Waals surface area (Å²) < 4.78 is 22.7. The maximum atomic E-state index is 12.1. The van der Waals surface area contributed by atoms with Gasteiger partial charge in [0.25, 0.3) is 5.91 Å². The molecule has 1 N–H and O–H groups in total. The Morgan fingerprint density at radius 3 is 2.29 bits per heavy atom. The monoisotopic (exact) mass is 323 g/mol. The number of carbonyl (C=O) groups is 1. The van der Waals surface area contributed by atoms with Crippen molar-refractivity contribution >= 4 is 33.0 Å². The standard InChI is InChI=1S/C15H14ClNO3S/c1-21(19,20)13-8-6-11(7-9-13)15(18)17-14-5-3-2-4-12(14)10-16/h2-9H,10H2,1H3,(H,17,18). The molecular weight excluding hydrogens is 310 g/mol. The lowest BCUT2D eigenvalue weighted by atomic mass is 10.1. The molecule has 0 saturated carbocycles. The summed E-state index contributed by atoms with van der Waals surface area (Å²) in [6.07, 6.45) is 1.12. The van der Waals surface area contributed by atoms with Crippen molar-refractivity contribution in [3.05, 3.63) is 59.7 Å². The zero-order valence-electron chi connectivity index (χ0n) is 11.3. The van der Waals surface area contributed by atoms with Gasteiger partial charge in [-0.05, 0) is 35.9 Å². The lowest BCUT2D eigenvalue weighted by Crippen LogP contribution is -2.13. The lowest BCUT2D eigenvalue weighted by Gasteiger charge is -2.09. The molecule has 2 aromatic carbocycles. The van der Waals surface area contributed by atoms with Gasteiger partial charge >= 0.3 is 0 Å². The molecule has 0 aliphatic heterocycles. The number of halogens is 1. The molecule has 0 unspecified atom stereocenters. The molecule has 0 spiro atoms. The molecule has 4 nitrogen and oxygen atoms in total. The van der Waals surface area contributed by atoms with E-state index in [2.05, 4.69) is 5.32 Å². The second-order valence-corrected chi connectivity index (χ2v) is 6.82. The van der Waals surface area contributed by atoms with Crippen LogP contribution < -0.4 is 5.32 Å². The van der Waals surface area contributed by atoms with Crippen molar-refractivity contribution in [3.63, 3.8) is 0 Å². The van der Waals surface area contributed by atoms with Crippen LogP contribution in [0.1, 0.15) is 15.9 Å². The maximum Gasteiger partial charge on any atom is 0.255 e. The number of alkyl halides is 1. The maximum absolute atomic E-state index is 12.1. The van der Waals surface area contributed by atoms with Crippen LogP contribution in [0.15, 0.2) is 53.4 Å². The smallest absolute Gasteiger partial charge is 0.255 e. The van der Waals surface area contributed by atoms with Crippen LogP contribution in [0.4, 0.5) is 5.69 Å². The number of nitrogens with one attached hydrogen (secondary N) is 1. The average molecular weight is 324 g/mol. The molecule has 2 aromatic rings. The third kappa shape index (κ3) is 3.83. The van der Waals surface area contributed by atoms with E-state index < -0.39 is 9.84 Å². The van der Waals surface area contributed by atoms with Gasteiger partial charge in [0.05, 0.1) is 4.90 Å². The number of sulfone groups is 1. The normalized spacial score (nSPS) is 11.1. The Hall–Kier alpha value is -1.85. The highest BCUT2D eigenvalue weighted by Gasteiger charge is 2.11. The van der Waals surface area contributed by atoms with Gasteiger partial charge in [-0.2, -0.15) is 0 Å². The zero-order chi connectivity index (χ0) is 15.5. The van der Waals surface area contributed by atoms with E-state index in [1.165, 1.54) is 24.3 Å². The first kappa shape index (κ1) is 15.5. The van der Waals surface area contributed by atoms with Gasteiger partial charge in [0.15, 0.2) is 9.84 Å². The Balaban J connectivity index is 2.21. The summed E-state index contributed by atoms with van der Waals surface area (Å²) in [7, 11) is -3.26. The summed E-state index contributed by atoms with van der Waals surface area (Å²) in [6, 6.07) is 13.0. The van der Waals surface area contributed by atoms with Crippen LogP contribution in [0.3, 0.4) is 0 Å². The number of hydrogen-bond acceptors (Lipinski definition) is 3. The molecule has 0 saturated heterocycles. The molecule has 1 amide bonds. The second kappa shape index (κ2) is 6.28. The van der Waals surface area contributed by atoms with Crippen LogP contribution in [0, 0.1) is 0 Å². The highest BCUT2D eigenvalue weighted by molar-refractivity contribution is 7.90. The number of amides is 1. The number of para-hydroxylation sites is 1. The summed E-state index contributed by atoms with van der Waals surface area (Å²) in [5.74, 6) is -0.0173. The topological polar surface area (TPSA) is 63.2 Å². The Bertz CT molecular complexity index is 755. The summed E-state index contributed by atoms with van der Waals surface area (Å²) in [5.41, 5.74) is 1.84. The van der Waals surface area contributed by atoms with Gasteiger partial charge in [0.1, 0.15) is 0 Å². The molecule has 2 rings (SSSR count). The summed E-state index contributed by atoms with van der Waals surface area (Å²) in [6.45, 7) is 0. The minimum absolute atomic E-state index is 0.181. The first-order valence-electron chi connectivity index (χ1n) is 6.17. The molecule has 0 radical (unpaired) electrons. The number of rotatable bonds is 4. The largest absolute Gasteiger partial charge is 0.322 e. The van der Waals surface area contributed by atoms with Crippen molar-refractivity contribution < 1.29 is 13.2 Å². The third-order valence-corrected chi connectivity index (χ3v) is 4.37. The van der Waals surface area contributed by atoms with E-state index in [1.54, 1.807) is 12.1 Å². The van der Waals surface area contributed by atoms with Gasteiger partial charge in [-0.1, -0.05) is 18.2 Å². The highest BCUT2D eigenvalue weighted by atomic mass is 35.5. The average Bonchev–Trinajstić information content (AvgIpc) is 2.47. The van der Waals surface area contributed by atoms with Crippen molar-refractivity contribution in [1.29, 1.82) is 0 Å². The van der Waals surface area contributed by atoms with Crippen LogP contribution >= 0.6 is 11.6 Å². The van der Waals surface area contributed by atoms with E-state index in [0.29, 0.717) is 17.1 Å².